The molecule has 0 bridgehead atoms. The number of aromatic nitrogens is 2. The summed E-state index contributed by atoms with van der Waals surface area (Å²) in [6, 6.07) is 12.1. The molecule has 0 saturated carbocycles. The van der Waals surface area contributed by atoms with E-state index in [1.54, 1.807) is 6.26 Å². The first-order chi connectivity index (χ1) is 9.78. The Kier molecular flexibility index (Phi) is 3.26. The van der Waals surface area contributed by atoms with Gasteiger partial charge in [0.1, 0.15) is 11.6 Å². The van der Waals surface area contributed by atoms with Gasteiger partial charge in [0.2, 0.25) is 0 Å². The average Bonchev–Trinajstić information content (AvgIpc) is 3.06. The van der Waals surface area contributed by atoms with Crippen molar-refractivity contribution in [1.29, 1.82) is 5.26 Å². The number of benzene rings is 1. The van der Waals surface area contributed by atoms with E-state index in [0.717, 1.165) is 41.0 Å². The van der Waals surface area contributed by atoms with Gasteiger partial charge in [-0.2, -0.15) is 5.26 Å². The number of rotatable bonds is 4. The van der Waals surface area contributed by atoms with Crippen LogP contribution in [0.25, 0.3) is 11.0 Å². The maximum absolute atomic E-state index is 8.76. The van der Waals surface area contributed by atoms with Crippen molar-refractivity contribution < 1.29 is 4.42 Å². The van der Waals surface area contributed by atoms with Crippen molar-refractivity contribution in [3.8, 4) is 6.07 Å². The molecule has 1 aromatic carbocycles. The highest BCUT2D eigenvalue weighted by Gasteiger charge is 2.09. The van der Waals surface area contributed by atoms with Gasteiger partial charge in [-0.3, -0.25) is 0 Å². The third-order valence-electron chi connectivity index (χ3n) is 3.50. The number of nitrogens with zero attached hydrogens (tertiary/aromatic N) is 3. The zero-order valence-electron chi connectivity index (χ0n) is 11.3. The molecule has 3 rings (SSSR count). The molecule has 4 nitrogen and oxygen atoms in total. The van der Waals surface area contributed by atoms with Gasteiger partial charge >= 0.3 is 0 Å². The van der Waals surface area contributed by atoms with Gasteiger partial charge in [0, 0.05) is 19.9 Å². The van der Waals surface area contributed by atoms with E-state index in [1.165, 1.54) is 0 Å². The van der Waals surface area contributed by atoms with Crippen LogP contribution < -0.4 is 0 Å². The summed E-state index contributed by atoms with van der Waals surface area (Å²) in [6.45, 7) is 0. The predicted molar refractivity (Wildman–Crippen MR) is 76.1 cm³/mol. The topological polar surface area (TPSA) is 54.8 Å². The molecular formula is C16H15N3O. The fraction of sp³-hybridized carbons (Fsp3) is 0.250. The summed E-state index contributed by atoms with van der Waals surface area (Å²) in [6.07, 6.45) is 3.80. The molecule has 0 aliphatic carbocycles. The number of fused-ring (bicyclic) bond motifs is 1. The SMILES string of the molecule is Cn1c(CCc2ccco2)nc2cc(CC#N)ccc21. The monoisotopic (exact) mass is 265 g/mol. The van der Waals surface area contributed by atoms with E-state index in [9.17, 15) is 0 Å². The molecule has 0 amide bonds. The van der Waals surface area contributed by atoms with Crippen LogP contribution in [0.5, 0.6) is 0 Å². The van der Waals surface area contributed by atoms with Crippen LogP contribution in [0, 0.1) is 11.3 Å². The van der Waals surface area contributed by atoms with Gasteiger partial charge in [-0.1, -0.05) is 6.07 Å². The first-order valence-electron chi connectivity index (χ1n) is 6.61. The summed E-state index contributed by atoms with van der Waals surface area (Å²) in [4.78, 5) is 4.67. The number of furan rings is 1. The number of nitriles is 1. The number of hydrogen-bond acceptors (Lipinski definition) is 3. The number of imidazole rings is 1. The van der Waals surface area contributed by atoms with Crippen LogP contribution in [0.4, 0.5) is 0 Å². The van der Waals surface area contributed by atoms with Crippen LogP contribution >= 0.6 is 0 Å². The molecule has 0 aliphatic rings. The minimum Gasteiger partial charge on any atom is -0.469 e. The molecule has 0 fully saturated rings. The molecule has 2 aromatic heterocycles. The van der Waals surface area contributed by atoms with Crippen molar-refractivity contribution in [2.24, 2.45) is 7.05 Å². The van der Waals surface area contributed by atoms with E-state index in [0.29, 0.717) is 6.42 Å². The van der Waals surface area contributed by atoms with Crippen LogP contribution in [0.15, 0.2) is 41.0 Å². The van der Waals surface area contributed by atoms with E-state index in [4.69, 9.17) is 9.68 Å². The Morgan fingerprint density at radius 3 is 2.95 bits per heavy atom. The molecule has 3 aromatic rings. The molecule has 0 unspecified atom stereocenters. The first-order valence-corrected chi connectivity index (χ1v) is 6.61. The summed E-state index contributed by atoms with van der Waals surface area (Å²) in [5.41, 5.74) is 3.06. The van der Waals surface area contributed by atoms with Crippen LogP contribution in [0.1, 0.15) is 17.1 Å². The Hall–Kier alpha value is -2.54. The van der Waals surface area contributed by atoms with Crippen molar-refractivity contribution in [1.82, 2.24) is 9.55 Å². The Morgan fingerprint density at radius 1 is 1.30 bits per heavy atom. The van der Waals surface area contributed by atoms with Gasteiger partial charge in [-0.25, -0.2) is 4.98 Å². The maximum atomic E-state index is 8.76. The highest BCUT2D eigenvalue weighted by atomic mass is 16.3. The van der Waals surface area contributed by atoms with Crippen molar-refractivity contribution in [3.63, 3.8) is 0 Å². The smallest absolute Gasteiger partial charge is 0.110 e. The molecule has 100 valence electrons. The lowest BCUT2D eigenvalue weighted by Crippen LogP contribution is -1.99. The lowest BCUT2D eigenvalue weighted by atomic mass is 10.1. The molecular weight excluding hydrogens is 250 g/mol. The molecule has 20 heavy (non-hydrogen) atoms. The van der Waals surface area contributed by atoms with E-state index < -0.39 is 0 Å². The van der Waals surface area contributed by atoms with Crippen LogP contribution in [0.2, 0.25) is 0 Å². The van der Waals surface area contributed by atoms with E-state index in [1.807, 2.05) is 37.4 Å². The molecule has 0 N–H and O–H groups in total. The molecule has 0 saturated heterocycles. The van der Waals surface area contributed by atoms with Gasteiger partial charge < -0.3 is 8.98 Å². The van der Waals surface area contributed by atoms with E-state index in [-0.39, 0.29) is 0 Å². The van der Waals surface area contributed by atoms with Crippen LogP contribution in [-0.4, -0.2) is 9.55 Å². The van der Waals surface area contributed by atoms with Crippen LogP contribution in [0.3, 0.4) is 0 Å². The second-order valence-corrected chi connectivity index (χ2v) is 4.82. The third kappa shape index (κ3) is 2.30. The summed E-state index contributed by atoms with van der Waals surface area (Å²) in [7, 11) is 2.02. The Balaban J connectivity index is 1.88. The van der Waals surface area contributed by atoms with Crippen LogP contribution in [-0.2, 0) is 26.3 Å². The first kappa shape index (κ1) is 12.5. The number of aryl methyl sites for hydroxylation is 3. The number of hydrogen-bond donors (Lipinski definition) is 0. The van der Waals surface area contributed by atoms with Crippen molar-refractivity contribution in [2.45, 2.75) is 19.3 Å². The molecule has 0 aliphatic heterocycles. The minimum atomic E-state index is 0.425. The average molecular weight is 265 g/mol. The Labute approximate surface area is 117 Å². The standard InChI is InChI=1S/C16H15N3O/c1-19-15-6-4-12(8-9-17)11-14(15)18-16(19)7-5-13-3-2-10-20-13/h2-4,6,10-11H,5,7-8H2,1H3. The van der Waals surface area contributed by atoms with Gasteiger partial charge in [-0.05, 0) is 29.8 Å². The third-order valence-corrected chi connectivity index (χ3v) is 3.50. The van der Waals surface area contributed by atoms with Gasteiger partial charge in [0.15, 0.2) is 0 Å². The summed E-state index contributed by atoms with van der Waals surface area (Å²) < 4.78 is 7.45. The quantitative estimate of drug-likeness (QED) is 0.728. The normalized spacial score (nSPS) is 10.8. The molecule has 0 radical (unpaired) electrons. The van der Waals surface area contributed by atoms with E-state index in [2.05, 4.69) is 15.6 Å². The fourth-order valence-corrected chi connectivity index (χ4v) is 2.41. The van der Waals surface area contributed by atoms with Gasteiger partial charge in [-0.15, -0.1) is 0 Å². The van der Waals surface area contributed by atoms with Gasteiger partial charge in [0.25, 0.3) is 0 Å². The summed E-state index contributed by atoms with van der Waals surface area (Å²) in [5.74, 6) is 2.01. The molecule has 4 heteroatoms. The van der Waals surface area contributed by atoms with Gasteiger partial charge in [0.05, 0.1) is 29.8 Å². The molecule has 2 heterocycles. The van der Waals surface area contributed by atoms with E-state index >= 15 is 0 Å². The highest BCUT2D eigenvalue weighted by molar-refractivity contribution is 5.77. The highest BCUT2D eigenvalue weighted by Crippen LogP contribution is 2.18. The summed E-state index contributed by atoms with van der Waals surface area (Å²) in [5, 5.41) is 8.76. The Bertz CT molecular complexity index is 763. The lowest BCUT2D eigenvalue weighted by Gasteiger charge is -2.01. The molecule has 0 spiro atoms. The fourth-order valence-electron chi connectivity index (χ4n) is 2.41. The zero-order chi connectivity index (χ0) is 13.9. The Morgan fingerprint density at radius 2 is 2.20 bits per heavy atom. The maximum Gasteiger partial charge on any atom is 0.110 e. The lowest BCUT2D eigenvalue weighted by molar-refractivity contribution is 0.505. The second kappa shape index (κ2) is 5.22. The van der Waals surface area contributed by atoms with Crippen molar-refractivity contribution in [2.75, 3.05) is 0 Å². The largest absolute Gasteiger partial charge is 0.469 e. The van der Waals surface area contributed by atoms with Crippen molar-refractivity contribution in [3.05, 3.63) is 53.7 Å². The zero-order valence-corrected chi connectivity index (χ0v) is 11.3. The second-order valence-electron chi connectivity index (χ2n) is 4.82. The predicted octanol–water partition coefficient (Wildman–Crippen LogP) is 3.02. The molecule has 0 atom stereocenters. The summed E-state index contributed by atoms with van der Waals surface area (Å²) >= 11 is 0. The van der Waals surface area contributed by atoms with Crippen molar-refractivity contribution >= 4 is 11.0 Å². The minimum absolute atomic E-state index is 0.425.